The molecule has 1 atom stereocenters. The van der Waals surface area contributed by atoms with E-state index in [2.05, 4.69) is 40.3 Å². The van der Waals surface area contributed by atoms with Crippen LogP contribution in [0.4, 0.5) is 0 Å². The first-order valence-electron chi connectivity index (χ1n) is 6.09. The molecular formula is C15H24. The number of rotatable bonds is 3. The topological polar surface area (TPSA) is 0 Å². The van der Waals surface area contributed by atoms with Crippen LogP contribution in [-0.4, -0.2) is 0 Å². The van der Waals surface area contributed by atoms with Gasteiger partial charge in [-0.05, 0) is 56.6 Å². The third kappa shape index (κ3) is 3.37. The van der Waals surface area contributed by atoms with Gasteiger partial charge in [0.1, 0.15) is 0 Å². The molecule has 0 aromatic carbocycles. The molecule has 1 aliphatic rings. The Morgan fingerprint density at radius 2 is 2.20 bits per heavy atom. The molecule has 0 bridgehead atoms. The summed E-state index contributed by atoms with van der Waals surface area (Å²) in [6.45, 7) is 13.1. The summed E-state index contributed by atoms with van der Waals surface area (Å²) in [6.07, 6.45) is 7.30. The SMILES string of the molecule is C=C(CC)/C(C)=C\C1=C(C)CC[C@H](C)C1. The van der Waals surface area contributed by atoms with Gasteiger partial charge in [-0.3, -0.25) is 0 Å². The van der Waals surface area contributed by atoms with Gasteiger partial charge in [0.05, 0.1) is 0 Å². The maximum absolute atomic E-state index is 4.09. The van der Waals surface area contributed by atoms with Gasteiger partial charge in [0.2, 0.25) is 0 Å². The zero-order valence-electron chi connectivity index (χ0n) is 10.7. The van der Waals surface area contributed by atoms with Crippen molar-refractivity contribution in [2.24, 2.45) is 5.92 Å². The molecule has 0 N–H and O–H groups in total. The predicted octanol–water partition coefficient (Wildman–Crippen LogP) is 5.04. The minimum atomic E-state index is 0.850. The van der Waals surface area contributed by atoms with Gasteiger partial charge in [0.15, 0.2) is 0 Å². The molecule has 0 radical (unpaired) electrons. The van der Waals surface area contributed by atoms with E-state index in [4.69, 9.17) is 0 Å². The van der Waals surface area contributed by atoms with E-state index in [1.807, 2.05) is 0 Å². The maximum atomic E-state index is 4.09. The summed E-state index contributed by atoms with van der Waals surface area (Å²) in [5.41, 5.74) is 5.77. The van der Waals surface area contributed by atoms with Crippen molar-refractivity contribution in [2.45, 2.75) is 53.4 Å². The Bertz CT molecular complexity index is 302. The molecule has 0 saturated carbocycles. The molecular weight excluding hydrogens is 180 g/mol. The molecule has 0 spiro atoms. The van der Waals surface area contributed by atoms with Crippen LogP contribution in [0.2, 0.25) is 0 Å². The molecule has 15 heavy (non-hydrogen) atoms. The van der Waals surface area contributed by atoms with Gasteiger partial charge in [0.25, 0.3) is 0 Å². The summed E-state index contributed by atoms with van der Waals surface area (Å²) in [6, 6.07) is 0. The van der Waals surface area contributed by atoms with E-state index < -0.39 is 0 Å². The first-order chi connectivity index (χ1) is 7.04. The molecule has 0 amide bonds. The van der Waals surface area contributed by atoms with Gasteiger partial charge >= 0.3 is 0 Å². The zero-order chi connectivity index (χ0) is 11.4. The van der Waals surface area contributed by atoms with Crippen molar-refractivity contribution in [1.82, 2.24) is 0 Å². The van der Waals surface area contributed by atoms with Crippen molar-refractivity contribution >= 4 is 0 Å². The quantitative estimate of drug-likeness (QED) is 0.565. The van der Waals surface area contributed by atoms with E-state index in [1.54, 1.807) is 11.1 Å². The van der Waals surface area contributed by atoms with E-state index in [1.165, 1.54) is 30.4 Å². The van der Waals surface area contributed by atoms with Gasteiger partial charge in [-0.15, -0.1) is 0 Å². The monoisotopic (exact) mass is 204 g/mol. The lowest BCUT2D eigenvalue weighted by molar-refractivity contribution is 0.502. The van der Waals surface area contributed by atoms with Crippen LogP contribution in [0.5, 0.6) is 0 Å². The zero-order valence-corrected chi connectivity index (χ0v) is 10.7. The van der Waals surface area contributed by atoms with Gasteiger partial charge < -0.3 is 0 Å². The number of allylic oxidation sites excluding steroid dienone is 5. The van der Waals surface area contributed by atoms with Crippen LogP contribution in [0.1, 0.15) is 53.4 Å². The number of hydrogen-bond acceptors (Lipinski definition) is 0. The molecule has 1 rings (SSSR count). The minimum absolute atomic E-state index is 0.850. The highest BCUT2D eigenvalue weighted by molar-refractivity contribution is 5.37. The van der Waals surface area contributed by atoms with Crippen molar-refractivity contribution < 1.29 is 0 Å². The smallest absolute Gasteiger partial charge is 0.0253 e. The van der Waals surface area contributed by atoms with Gasteiger partial charge in [-0.1, -0.05) is 37.6 Å². The first kappa shape index (κ1) is 12.3. The molecule has 1 aliphatic carbocycles. The van der Waals surface area contributed by atoms with E-state index in [0.29, 0.717) is 0 Å². The van der Waals surface area contributed by atoms with E-state index in [9.17, 15) is 0 Å². The van der Waals surface area contributed by atoms with E-state index in [0.717, 1.165) is 12.3 Å². The molecule has 0 heteroatoms. The lowest BCUT2D eigenvalue weighted by atomic mass is 9.84. The summed E-state index contributed by atoms with van der Waals surface area (Å²) in [5, 5.41) is 0. The standard InChI is InChI=1S/C15H24/c1-6-12(3)14(5)10-15-9-11(2)7-8-13(15)4/h10-11H,3,6-9H2,1-2,4-5H3/b14-10-/t11-/m0/s1. The molecule has 0 unspecified atom stereocenters. The highest BCUT2D eigenvalue weighted by Crippen LogP contribution is 2.30. The van der Waals surface area contributed by atoms with Crippen LogP contribution < -0.4 is 0 Å². The molecule has 0 aliphatic heterocycles. The number of hydrogen-bond donors (Lipinski definition) is 0. The summed E-state index contributed by atoms with van der Waals surface area (Å²) >= 11 is 0. The second-order valence-corrected chi connectivity index (χ2v) is 4.94. The van der Waals surface area contributed by atoms with Crippen molar-refractivity contribution in [3.05, 3.63) is 34.9 Å². The fourth-order valence-corrected chi connectivity index (χ4v) is 2.10. The lowest BCUT2D eigenvalue weighted by Crippen LogP contribution is -2.05. The fourth-order valence-electron chi connectivity index (χ4n) is 2.10. The van der Waals surface area contributed by atoms with Gasteiger partial charge in [-0.2, -0.15) is 0 Å². The van der Waals surface area contributed by atoms with Gasteiger partial charge in [0, 0.05) is 0 Å². The Kier molecular flexibility index (Phi) is 4.38. The summed E-state index contributed by atoms with van der Waals surface area (Å²) in [4.78, 5) is 0. The summed E-state index contributed by atoms with van der Waals surface area (Å²) in [5.74, 6) is 0.850. The van der Waals surface area contributed by atoms with Crippen molar-refractivity contribution in [1.29, 1.82) is 0 Å². The Hall–Kier alpha value is -0.780. The van der Waals surface area contributed by atoms with Crippen LogP contribution in [0.25, 0.3) is 0 Å². The second-order valence-electron chi connectivity index (χ2n) is 4.94. The van der Waals surface area contributed by atoms with Crippen LogP contribution in [-0.2, 0) is 0 Å². The molecule has 0 aromatic heterocycles. The Labute approximate surface area is 94.8 Å². The van der Waals surface area contributed by atoms with Crippen molar-refractivity contribution in [3.8, 4) is 0 Å². The Morgan fingerprint density at radius 3 is 2.80 bits per heavy atom. The summed E-state index contributed by atoms with van der Waals surface area (Å²) < 4.78 is 0. The van der Waals surface area contributed by atoms with Crippen LogP contribution >= 0.6 is 0 Å². The molecule has 84 valence electrons. The molecule has 0 saturated heterocycles. The Morgan fingerprint density at radius 1 is 1.53 bits per heavy atom. The van der Waals surface area contributed by atoms with Crippen LogP contribution in [0, 0.1) is 5.92 Å². The predicted molar refractivity (Wildman–Crippen MR) is 68.9 cm³/mol. The average molecular weight is 204 g/mol. The molecule has 0 heterocycles. The highest BCUT2D eigenvalue weighted by Gasteiger charge is 2.13. The van der Waals surface area contributed by atoms with E-state index >= 15 is 0 Å². The minimum Gasteiger partial charge on any atom is -0.0956 e. The average Bonchev–Trinajstić information content (AvgIpc) is 2.22. The molecule has 0 aromatic rings. The van der Waals surface area contributed by atoms with Crippen LogP contribution in [0.3, 0.4) is 0 Å². The highest BCUT2D eigenvalue weighted by atomic mass is 14.2. The lowest BCUT2D eigenvalue weighted by Gasteiger charge is -2.21. The Balaban J connectivity index is 2.83. The molecule has 0 nitrogen and oxygen atoms in total. The first-order valence-corrected chi connectivity index (χ1v) is 6.09. The fraction of sp³-hybridized carbons (Fsp3) is 0.600. The third-order valence-electron chi connectivity index (χ3n) is 3.50. The largest absolute Gasteiger partial charge is 0.0956 e. The van der Waals surface area contributed by atoms with Gasteiger partial charge in [-0.25, -0.2) is 0 Å². The third-order valence-corrected chi connectivity index (χ3v) is 3.50. The van der Waals surface area contributed by atoms with Crippen molar-refractivity contribution in [2.75, 3.05) is 0 Å². The van der Waals surface area contributed by atoms with Crippen molar-refractivity contribution in [3.63, 3.8) is 0 Å². The normalized spacial score (nSPS) is 23.2. The van der Waals surface area contributed by atoms with E-state index in [-0.39, 0.29) is 0 Å². The summed E-state index contributed by atoms with van der Waals surface area (Å²) in [7, 11) is 0. The second kappa shape index (κ2) is 5.34. The maximum Gasteiger partial charge on any atom is -0.0253 e. The van der Waals surface area contributed by atoms with Crippen LogP contribution in [0.15, 0.2) is 34.9 Å². The molecule has 0 fully saturated rings.